The molecule has 6 heteroatoms. The molecule has 0 spiro atoms. The van der Waals surface area contributed by atoms with Crippen LogP contribution in [0, 0.1) is 0 Å². The minimum absolute atomic E-state index is 0.0971. The van der Waals surface area contributed by atoms with Gasteiger partial charge in [-0.05, 0) is 25.7 Å². The molecular weight excluding hydrogens is 332 g/mol. The monoisotopic (exact) mass is 360 g/mol. The van der Waals surface area contributed by atoms with Crippen molar-refractivity contribution in [2.45, 2.75) is 82.3 Å². The molecule has 4 rings (SSSR count). The summed E-state index contributed by atoms with van der Waals surface area (Å²) in [5, 5.41) is 9.05. The topological polar surface area (TPSA) is 58.4 Å². The van der Waals surface area contributed by atoms with Gasteiger partial charge in [0.1, 0.15) is 0 Å². The van der Waals surface area contributed by atoms with E-state index >= 15 is 0 Å². The molecule has 0 radical (unpaired) electrons. The summed E-state index contributed by atoms with van der Waals surface area (Å²) in [5.41, 5.74) is 0.855. The van der Waals surface area contributed by atoms with Crippen molar-refractivity contribution in [1.29, 1.82) is 0 Å². The minimum atomic E-state index is 0.0971. The lowest BCUT2D eigenvalue weighted by Crippen LogP contribution is -2.59. The van der Waals surface area contributed by atoms with E-state index in [0.717, 1.165) is 17.1 Å². The fraction of sp³-hybridized carbons (Fsp3) is 0.684. The third-order valence-corrected chi connectivity index (χ3v) is 6.43. The molecule has 2 N–H and O–H groups in total. The van der Waals surface area contributed by atoms with Crippen molar-refractivity contribution in [3.63, 3.8) is 0 Å². The zero-order valence-corrected chi connectivity index (χ0v) is 15.6. The maximum absolute atomic E-state index is 12.4. The fourth-order valence-corrected chi connectivity index (χ4v) is 4.80. The first-order valence-electron chi connectivity index (χ1n) is 9.74. The second-order valence-corrected chi connectivity index (χ2v) is 8.44. The zero-order valence-electron chi connectivity index (χ0n) is 14.7. The van der Waals surface area contributed by atoms with E-state index in [1.807, 2.05) is 22.2 Å². The highest BCUT2D eigenvalue weighted by Crippen LogP contribution is 2.24. The summed E-state index contributed by atoms with van der Waals surface area (Å²) in [6, 6.07) is 1.39. The van der Waals surface area contributed by atoms with Gasteiger partial charge in [-0.25, -0.2) is 4.98 Å². The van der Waals surface area contributed by atoms with Crippen LogP contribution in [0.5, 0.6) is 0 Å². The van der Waals surface area contributed by atoms with E-state index < -0.39 is 0 Å². The van der Waals surface area contributed by atoms with E-state index in [4.69, 9.17) is 0 Å². The Kier molecular flexibility index (Phi) is 5.36. The lowest BCUT2D eigenvalue weighted by Gasteiger charge is -2.40. The summed E-state index contributed by atoms with van der Waals surface area (Å²) in [6.07, 6.45) is 16.0. The Labute approximate surface area is 153 Å². The van der Waals surface area contributed by atoms with E-state index in [1.165, 1.54) is 51.4 Å². The Bertz CT molecular complexity index is 673. The number of imidazole rings is 1. The molecular formula is C19H28N4OS. The van der Waals surface area contributed by atoms with E-state index in [2.05, 4.69) is 15.6 Å². The van der Waals surface area contributed by atoms with Gasteiger partial charge in [0.15, 0.2) is 4.96 Å². The van der Waals surface area contributed by atoms with Crippen LogP contribution in [0.3, 0.4) is 0 Å². The fourth-order valence-electron chi connectivity index (χ4n) is 4.08. The maximum atomic E-state index is 12.4. The molecule has 0 bridgehead atoms. The van der Waals surface area contributed by atoms with Crippen LogP contribution in [0.2, 0.25) is 0 Å². The number of rotatable bonds is 5. The van der Waals surface area contributed by atoms with Crippen molar-refractivity contribution in [3.05, 3.63) is 23.5 Å². The normalized spacial score (nSPS) is 25.3. The minimum Gasteiger partial charge on any atom is -0.351 e. The molecule has 25 heavy (non-hydrogen) atoms. The predicted octanol–water partition coefficient (Wildman–Crippen LogP) is 3.29. The Hall–Kier alpha value is -1.40. The number of thiazole rings is 1. The number of fused-ring (bicyclic) bond motifs is 1. The molecule has 2 saturated carbocycles. The molecule has 2 fully saturated rings. The number of carbonyl (C=O) groups excluding carboxylic acids is 1. The summed E-state index contributed by atoms with van der Waals surface area (Å²) in [6.45, 7) is 0. The lowest BCUT2D eigenvalue weighted by atomic mass is 9.84. The smallest absolute Gasteiger partial charge is 0.226 e. The number of nitrogens with one attached hydrogen (secondary N) is 2. The molecule has 0 aliphatic heterocycles. The highest BCUT2D eigenvalue weighted by Gasteiger charge is 2.33. The van der Waals surface area contributed by atoms with Gasteiger partial charge >= 0.3 is 0 Å². The van der Waals surface area contributed by atoms with Crippen LogP contribution >= 0.6 is 11.3 Å². The van der Waals surface area contributed by atoms with Crippen molar-refractivity contribution < 1.29 is 4.79 Å². The number of carbonyl (C=O) groups is 1. The Morgan fingerprint density at radius 3 is 2.60 bits per heavy atom. The van der Waals surface area contributed by atoms with Crippen LogP contribution in [0.15, 0.2) is 17.8 Å². The van der Waals surface area contributed by atoms with Crippen LogP contribution in [0.4, 0.5) is 0 Å². The molecule has 0 saturated heterocycles. The Balaban J connectivity index is 1.25. The number of hydrogen-bond donors (Lipinski definition) is 2. The van der Waals surface area contributed by atoms with Gasteiger partial charge in [0.2, 0.25) is 5.91 Å². The number of amides is 1. The molecule has 2 aromatic rings. The van der Waals surface area contributed by atoms with E-state index in [0.29, 0.717) is 24.5 Å². The first kappa shape index (κ1) is 17.0. The van der Waals surface area contributed by atoms with Crippen LogP contribution in [-0.4, -0.2) is 33.4 Å². The van der Waals surface area contributed by atoms with Gasteiger partial charge in [-0.15, -0.1) is 11.3 Å². The molecule has 2 heterocycles. The third-order valence-electron chi connectivity index (χ3n) is 5.66. The number of hydrogen-bond acceptors (Lipinski definition) is 4. The highest BCUT2D eigenvalue weighted by atomic mass is 32.1. The molecule has 2 aliphatic rings. The molecule has 2 aromatic heterocycles. The van der Waals surface area contributed by atoms with E-state index in [9.17, 15) is 4.79 Å². The average molecular weight is 361 g/mol. The van der Waals surface area contributed by atoms with Crippen molar-refractivity contribution in [1.82, 2.24) is 20.0 Å². The summed E-state index contributed by atoms with van der Waals surface area (Å²) in [5.74, 6) is 0.0971. The van der Waals surface area contributed by atoms with Gasteiger partial charge in [-0.3, -0.25) is 9.20 Å². The second-order valence-electron chi connectivity index (χ2n) is 7.57. The third kappa shape index (κ3) is 4.23. The lowest BCUT2D eigenvalue weighted by molar-refractivity contribution is -0.122. The molecule has 2 atom stereocenters. The Morgan fingerprint density at radius 2 is 1.88 bits per heavy atom. The van der Waals surface area contributed by atoms with E-state index in [1.54, 1.807) is 11.3 Å². The predicted molar refractivity (Wildman–Crippen MR) is 101 cm³/mol. The van der Waals surface area contributed by atoms with Gasteiger partial charge in [-0.2, -0.15) is 0 Å². The van der Waals surface area contributed by atoms with Crippen LogP contribution in [0.1, 0.15) is 63.5 Å². The van der Waals surface area contributed by atoms with Crippen LogP contribution in [-0.2, 0) is 11.2 Å². The second kappa shape index (κ2) is 7.87. The van der Waals surface area contributed by atoms with Gasteiger partial charge < -0.3 is 10.6 Å². The van der Waals surface area contributed by atoms with Crippen molar-refractivity contribution in [2.75, 3.05) is 0 Å². The SMILES string of the molecule is O=C(Cc1cn2ccsc2n1)N[C@@H]1CC[C@@H]1NC1CCCCCCC1. The first-order chi connectivity index (χ1) is 12.3. The molecule has 0 unspecified atom stereocenters. The average Bonchev–Trinajstić information content (AvgIpc) is 3.12. The molecule has 0 aromatic carbocycles. The first-order valence-corrected chi connectivity index (χ1v) is 10.6. The number of aromatic nitrogens is 2. The zero-order chi connectivity index (χ0) is 17.1. The molecule has 136 valence electrons. The summed E-state index contributed by atoms with van der Waals surface area (Å²) < 4.78 is 1.98. The van der Waals surface area contributed by atoms with Gasteiger partial charge in [-0.1, -0.05) is 32.1 Å². The van der Waals surface area contributed by atoms with Gasteiger partial charge in [0.25, 0.3) is 0 Å². The standard InChI is InChI=1S/C19H28N4OS/c24-18(12-15-13-23-10-11-25-19(23)21-15)22-17-9-8-16(17)20-14-6-4-2-1-3-5-7-14/h10-11,13-14,16-17,20H,1-9,12H2,(H,22,24)/t16-,17+/m0/s1. The highest BCUT2D eigenvalue weighted by molar-refractivity contribution is 7.15. The summed E-state index contributed by atoms with van der Waals surface area (Å²) >= 11 is 1.60. The van der Waals surface area contributed by atoms with Crippen molar-refractivity contribution in [2.24, 2.45) is 0 Å². The van der Waals surface area contributed by atoms with Gasteiger partial charge in [0.05, 0.1) is 12.1 Å². The molecule has 2 aliphatic carbocycles. The van der Waals surface area contributed by atoms with Gasteiger partial charge in [0, 0.05) is 35.9 Å². The maximum Gasteiger partial charge on any atom is 0.226 e. The van der Waals surface area contributed by atoms with Crippen molar-refractivity contribution >= 4 is 22.2 Å². The molecule has 1 amide bonds. The van der Waals surface area contributed by atoms with Crippen LogP contribution < -0.4 is 10.6 Å². The molecule has 5 nitrogen and oxygen atoms in total. The summed E-state index contributed by atoms with van der Waals surface area (Å²) in [7, 11) is 0. The summed E-state index contributed by atoms with van der Waals surface area (Å²) in [4.78, 5) is 17.8. The van der Waals surface area contributed by atoms with E-state index in [-0.39, 0.29) is 5.91 Å². The van der Waals surface area contributed by atoms with Crippen molar-refractivity contribution in [3.8, 4) is 0 Å². The quantitative estimate of drug-likeness (QED) is 0.860. The Morgan fingerprint density at radius 1 is 1.12 bits per heavy atom. The van der Waals surface area contributed by atoms with Crippen LogP contribution in [0.25, 0.3) is 4.96 Å². The largest absolute Gasteiger partial charge is 0.351 e. The number of nitrogens with zero attached hydrogens (tertiary/aromatic N) is 2.